The Labute approximate surface area is 98.8 Å². The zero-order chi connectivity index (χ0) is 11.5. The molecule has 1 fully saturated rings. The Morgan fingerprint density at radius 2 is 2.06 bits per heavy atom. The van der Waals surface area contributed by atoms with Gasteiger partial charge in [0.2, 0.25) is 0 Å². The van der Waals surface area contributed by atoms with Crippen LogP contribution in [0.1, 0.15) is 23.2 Å². The first-order chi connectivity index (χ1) is 7.68. The molecule has 1 N–H and O–H groups in total. The van der Waals surface area contributed by atoms with Gasteiger partial charge in [0, 0.05) is 10.9 Å². The molecule has 1 aliphatic rings. The Bertz CT molecular complexity index is 402. The van der Waals surface area contributed by atoms with Gasteiger partial charge >= 0.3 is 0 Å². The summed E-state index contributed by atoms with van der Waals surface area (Å²) in [4.78, 5) is 12.0. The second-order valence-electron chi connectivity index (χ2n) is 4.01. The van der Waals surface area contributed by atoms with E-state index in [0.29, 0.717) is 5.02 Å². The summed E-state index contributed by atoms with van der Waals surface area (Å²) in [5, 5.41) is 3.50. The second kappa shape index (κ2) is 4.93. The largest absolute Gasteiger partial charge is 0.317 e. The maximum absolute atomic E-state index is 13.5. The smallest absolute Gasteiger partial charge is 0.168 e. The second-order valence-corrected chi connectivity index (χ2v) is 4.45. The van der Waals surface area contributed by atoms with E-state index >= 15 is 0 Å². The predicted molar refractivity (Wildman–Crippen MR) is 61.3 cm³/mol. The van der Waals surface area contributed by atoms with Gasteiger partial charge in [-0.25, -0.2) is 4.39 Å². The van der Waals surface area contributed by atoms with Crippen molar-refractivity contribution < 1.29 is 9.18 Å². The summed E-state index contributed by atoms with van der Waals surface area (Å²) in [5.41, 5.74) is 0.163. The van der Waals surface area contributed by atoms with E-state index < -0.39 is 5.82 Å². The van der Waals surface area contributed by atoms with Gasteiger partial charge in [-0.05, 0) is 44.1 Å². The molecule has 0 spiro atoms. The van der Waals surface area contributed by atoms with Crippen LogP contribution in [-0.2, 0) is 0 Å². The number of nitrogens with one attached hydrogen (secondary N) is 1. The number of carbonyl (C=O) groups excluding carboxylic acids is 1. The van der Waals surface area contributed by atoms with Gasteiger partial charge in [-0.15, -0.1) is 0 Å². The van der Waals surface area contributed by atoms with Crippen molar-refractivity contribution in [1.29, 1.82) is 0 Å². The number of ketones is 1. The molecule has 2 rings (SSSR count). The third-order valence-corrected chi connectivity index (χ3v) is 3.14. The minimum absolute atomic E-state index is 0.0584. The highest BCUT2D eigenvalue weighted by Gasteiger charge is 2.24. The van der Waals surface area contributed by atoms with Gasteiger partial charge in [-0.3, -0.25) is 4.79 Å². The van der Waals surface area contributed by atoms with Crippen LogP contribution in [0.4, 0.5) is 4.39 Å². The van der Waals surface area contributed by atoms with E-state index in [-0.39, 0.29) is 17.3 Å². The monoisotopic (exact) mass is 241 g/mol. The fraction of sp³-hybridized carbons (Fsp3) is 0.417. The zero-order valence-electron chi connectivity index (χ0n) is 8.80. The normalized spacial score (nSPS) is 17.4. The highest BCUT2D eigenvalue weighted by molar-refractivity contribution is 6.30. The number of halogens is 2. The van der Waals surface area contributed by atoms with E-state index in [4.69, 9.17) is 11.6 Å². The highest BCUT2D eigenvalue weighted by atomic mass is 35.5. The van der Waals surface area contributed by atoms with Gasteiger partial charge < -0.3 is 5.32 Å². The van der Waals surface area contributed by atoms with Crippen LogP contribution in [0.5, 0.6) is 0 Å². The van der Waals surface area contributed by atoms with E-state index in [1.54, 1.807) is 6.07 Å². The molecule has 16 heavy (non-hydrogen) atoms. The van der Waals surface area contributed by atoms with E-state index in [2.05, 4.69) is 5.32 Å². The van der Waals surface area contributed by atoms with Crippen molar-refractivity contribution in [3.05, 3.63) is 34.6 Å². The summed E-state index contributed by atoms with van der Waals surface area (Å²) in [6.45, 7) is 1.65. The minimum atomic E-state index is -0.518. The molecule has 1 aromatic rings. The van der Waals surface area contributed by atoms with Crippen LogP contribution in [-0.4, -0.2) is 18.9 Å². The molecule has 2 nitrogen and oxygen atoms in total. The minimum Gasteiger partial charge on any atom is -0.317 e. The predicted octanol–water partition coefficient (Wildman–Crippen LogP) is 2.66. The fourth-order valence-corrected chi connectivity index (χ4v) is 2.15. The molecule has 0 aliphatic carbocycles. The Balaban J connectivity index is 2.19. The summed E-state index contributed by atoms with van der Waals surface area (Å²) in [6, 6.07) is 4.22. The van der Waals surface area contributed by atoms with Crippen LogP contribution < -0.4 is 5.32 Å². The average Bonchev–Trinajstić information content (AvgIpc) is 2.29. The lowest BCUT2D eigenvalue weighted by Gasteiger charge is -2.21. The molecule has 0 radical (unpaired) electrons. The van der Waals surface area contributed by atoms with Crippen LogP contribution in [0, 0.1) is 11.7 Å². The van der Waals surface area contributed by atoms with Crippen molar-refractivity contribution in [3.8, 4) is 0 Å². The van der Waals surface area contributed by atoms with Crippen molar-refractivity contribution in [3.63, 3.8) is 0 Å². The molecular weight excluding hydrogens is 229 g/mol. The Morgan fingerprint density at radius 3 is 2.69 bits per heavy atom. The van der Waals surface area contributed by atoms with Gasteiger partial charge in [0.25, 0.3) is 0 Å². The van der Waals surface area contributed by atoms with Crippen LogP contribution in [0.3, 0.4) is 0 Å². The third-order valence-electron chi connectivity index (χ3n) is 2.91. The zero-order valence-corrected chi connectivity index (χ0v) is 9.56. The van der Waals surface area contributed by atoms with E-state index in [0.717, 1.165) is 25.9 Å². The summed E-state index contributed by atoms with van der Waals surface area (Å²) in [5.74, 6) is -0.677. The summed E-state index contributed by atoms with van der Waals surface area (Å²) >= 11 is 5.65. The SMILES string of the molecule is O=C(c1ccc(Cl)cc1F)C1CCNCC1. The molecule has 0 bridgehead atoms. The lowest BCUT2D eigenvalue weighted by Crippen LogP contribution is -2.32. The highest BCUT2D eigenvalue weighted by Crippen LogP contribution is 2.22. The van der Waals surface area contributed by atoms with Crippen LogP contribution >= 0.6 is 11.6 Å². The number of Topliss-reactive ketones (excluding diaryl/α,β-unsaturated/α-hetero) is 1. The quantitative estimate of drug-likeness (QED) is 0.807. The molecule has 0 amide bonds. The third kappa shape index (κ3) is 2.42. The first-order valence-corrected chi connectivity index (χ1v) is 5.76. The Kier molecular flexibility index (Phi) is 3.56. The standard InChI is InChI=1S/C12H13ClFNO/c13-9-1-2-10(11(14)7-9)12(16)8-3-5-15-6-4-8/h1-2,7-8,15H,3-6H2. The summed E-state index contributed by atoms with van der Waals surface area (Å²) in [7, 11) is 0. The lowest BCUT2D eigenvalue weighted by molar-refractivity contribution is 0.0891. The molecule has 4 heteroatoms. The molecule has 1 saturated heterocycles. The fourth-order valence-electron chi connectivity index (χ4n) is 1.99. The van der Waals surface area contributed by atoms with Gasteiger partial charge in [0.1, 0.15) is 5.82 Å². The van der Waals surface area contributed by atoms with Crippen molar-refractivity contribution in [2.45, 2.75) is 12.8 Å². The van der Waals surface area contributed by atoms with Crippen LogP contribution in [0.25, 0.3) is 0 Å². The number of hydrogen-bond donors (Lipinski definition) is 1. The van der Waals surface area contributed by atoms with E-state index in [1.807, 2.05) is 0 Å². The van der Waals surface area contributed by atoms with Crippen molar-refractivity contribution in [2.75, 3.05) is 13.1 Å². The molecule has 86 valence electrons. The van der Waals surface area contributed by atoms with Crippen LogP contribution in [0.15, 0.2) is 18.2 Å². The molecule has 1 heterocycles. The van der Waals surface area contributed by atoms with Gasteiger partial charge in [-0.2, -0.15) is 0 Å². The molecular formula is C12H13ClFNO. The molecule has 1 aliphatic heterocycles. The van der Waals surface area contributed by atoms with Crippen LogP contribution in [0.2, 0.25) is 5.02 Å². The van der Waals surface area contributed by atoms with Crippen molar-refractivity contribution >= 4 is 17.4 Å². The molecule has 0 atom stereocenters. The van der Waals surface area contributed by atoms with E-state index in [9.17, 15) is 9.18 Å². The number of benzene rings is 1. The maximum Gasteiger partial charge on any atom is 0.168 e. The topological polar surface area (TPSA) is 29.1 Å². The Morgan fingerprint density at radius 1 is 1.38 bits per heavy atom. The number of hydrogen-bond acceptors (Lipinski definition) is 2. The number of carbonyl (C=O) groups is 1. The maximum atomic E-state index is 13.5. The van der Waals surface area contributed by atoms with Gasteiger partial charge in [-0.1, -0.05) is 11.6 Å². The van der Waals surface area contributed by atoms with Crippen molar-refractivity contribution in [1.82, 2.24) is 5.32 Å². The molecule has 1 aromatic carbocycles. The molecule has 0 saturated carbocycles. The Hall–Kier alpha value is -0.930. The molecule has 0 aromatic heterocycles. The summed E-state index contributed by atoms with van der Waals surface area (Å²) in [6.07, 6.45) is 1.56. The first-order valence-electron chi connectivity index (χ1n) is 5.38. The van der Waals surface area contributed by atoms with E-state index in [1.165, 1.54) is 12.1 Å². The number of piperidine rings is 1. The first kappa shape index (κ1) is 11.6. The number of rotatable bonds is 2. The van der Waals surface area contributed by atoms with Gasteiger partial charge in [0.15, 0.2) is 5.78 Å². The van der Waals surface area contributed by atoms with Gasteiger partial charge in [0.05, 0.1) is 5.56 Å². The summed E-state index contributed by atoms with van der Waals surface area (Å²) < 4.78 is 13.5. The van der Waals surface area contributed by atoms with Crippen molar-refractivity contribution in [2.24, 2.45) is 5.92 Å². The molecule has 0 unspecified atom stereocenters. The lowest BCUT2D eigenvalue weighted by atomic mass is 9.89. The average molecular weight is 242 g/mol.